The molecule has 1 saturated carbocycles. The van der Waals surface area contributed by atoms with Crippen LogP contribution in [-0.2, 0) is 9.59 Å². The highest BCUT2D eigenvalue weighted by molar-refractivity contribution is 8.14. The summed E-state index contributed by atoms with van der Waals surface area (Å²) in [6.07, 6.45) is 4.93. The van der Waals surface area contributed by atoms with E-state index in [1.807, 2.05) is 0 Å². The summed E-state index contributed by atoms with van der Waals surface area (Å²) < 4.78 is 34.4. The van der Waals surface area contributed by atoms with Crippen LogP contribution in [0.25, 0.3) is 6.08 Å². The summed E-state index contributed by atoms with van der Waals surface area (Å²) in [6.45, 7) is -2.94. The fourth-order valence-corrected chi connectivity index (χ4v) is 3.56. The summed E-state index contributed by atoms with van der Waals surface area (Å²) >= 11 is 1.12. The van der Waals surface area contributed by atoms with Crippen LogP contribution >= 0.6 is 11.8 Å². The molecular weight excluding hydrogens is 416 g/mol. The molecule has 30 heavy (non-hydrogen) atoms. The number of ether oxygens (including phenoxy) is 1. The Morgan fingerprint density at radius 2 is 2.10 bits per heavy atom. The second-order valence-corrected chi connectivity index (χ2v) is 7.53. The lowest BCUT2D eigenvalue weighted by molar-refractivity contribution is -0.118. The molecule has 1 aromatic heterocycles. The molecule has 2 heterocycles. The Morgan fingerprint density at radius 1 is 1.33 bits per heavy atom. The largest absolute Gasteiger partial charge is 0.465 e. The van der Waals surface area contributed by atoms with Crippen LogP contribution < -0.4 is 15.0 Å². The van der Waals surface area contributed by atoms with Crippen molar-refractivity contribution in [2.45, 2.75) is 25.5 Å². The molecule has 1 aliphatic carbocycles. The number of hydrogen-bond acceptors (Lipinski definition) is 6. The molecule has 7 nitrogen and oxygen atoms in total. The zero-order chi connectivity index (χ0) is 21.1. The van der Waals surface area contributed by atoms with Crippen molar-refractivity contribution in [1.82, 2.24) is 5.32 Å². The molecule has 1 aromatic carbocycles. The molecule has 0 saturated heterocycles. The van der Waals surface area contributed by atoms with Crippen molar-refractivity contribution in [3.63, 3.8) is 0 Å². The Kier molecular flexibility index (Phi) is 5.84. The van der Waals surface area contributed by atoms with E-state index in [9.17, 15) is 18.4 Å². The van der Waals surface area contributed by atoms with E-state index in [4.69, 9.17) is 4.42 Å². The summed E-state index contributed by atoms with van der Waals surface area (Å²) in [5.41, 5.74) is 0.557. The average molecular weight is 433 g/mol. The van der Waals surface area contributed by atoms with Crippen LogP contribution in [0.4, 0.5) is 14.5 Å². The number of amides is 2. The predicted molar refractivity (Wildman–Crippen MR) is 108 cm³/mol. The van der Waals surface area contributed by atoms with Crippen molar-refractivity contribution in [3.8, 4) is 5.75 Å². The zero-order valence-electron chi connectivity index (χ0n) is 15.6. The molecule has 0 spiro atoms. The number of hydrogen-bond donors (Lipinski definition) is 1. The normalized spacial score (nSPS) is 17.6. The molecule has 4 rings (SSSR count). The third kappa shape index (κ3) is 4.88. The molecule has 1 aliphatic heterocycles. The van der Waals surface area contributed by atoms with Gasteiger partial charge in [0.1, 0.15) is 17.2 Å². The van der Waals surface area contributed by atoms with Crippen LogP contribution in [0.1, 0.15) is 18.6 Å². The molecular formula is C20H17F2N3O4S. The molecule has 156 valence electrons. The first-order valence-electron chi connectivity index (χ1n) is 9.15. The van der Waals surface area contributed by atoms with E-state index >= 15 is 0 Å². The Labute approximate surface area is 174 Å². The minimum atomic E-state index is -2.94. The number of alkyl halides is 2. The molecule has 1 fully saturated rings. The van der Waals surface area contributed by atoms with Gasteiger partial charge in [0.15, 0.2) is 5.17 Å². The van der Waals surface area contributed by atoms with Crippen LogP contribution in [-0.4, -0.2) is 35.4 Å². The van der Waals surface area contributed by atoms with Crippen molar-refractivity contribution in [2.75, 3.05) is 10.7 Å². The molecule has 0 bridgehead atoms. The smallest absolute Gasteiger partial charge is 0.387 e. The number of amidine groups is 1. The first-order chi connectivity index (χ1) is 14.5. The van der Waals surface area contributed by atoms with E-state index < -0.39 is 12.5 Å². The van der Waals surface area contributed by atoms with Gasteiger partial charge in [0.05, 0.1) is 17.7 Å². The molecule has 2 aromatic rings. The van der Waals surface area contributed by atoms with Crippen LogP contribution in [0.3, 0.4) is 0 Å². The maximum Gasteiger partial charge on any atom is 0.387 e. The third-order valence-electron chi connectivity index (χ3n) is 4.25. The maximum atomic E-state index is 13.0. The van der Waals surface area contributed by atoms with E-state index in [0.717, 1.165) is 24.6 Å². The highest BCUT2D eigenvalue weighted by atomic mass is 32.2. The van der Waals surface area contributed by atoms with E-state index in [2.05, 4.69) is 15.0 Å². The first-order valence-corrected chi connectivity index (χ1v) is 10.1. The Balaban J connectivity index is 1.56. The van der Waals surface area contributed by atoms with E-state index in [-0.39, 0.29) is 29.1 Å². The number of aliphatic imine (C=N–C) groups is 1. The number of furan rings is 1. The number of anilines is 1. The van der Waals surface area contributed by atoms with Crippen molar-refractivity contribution >= 4 is 40.5 Å². The lowest BCUT2D eigenvalue weighted by Gasteiger charge is -2.18. The van der Waals surface area contributed by atoms with Crippen LogP contribution in [0, 0.1) is 0 Å². The standard InChI is InChI=1S/C20H17F2N3O4S/c21-19(22)29-14-7-5-13(6-8-14)25-18(27)16(10-15-2-1-9-28-15)24-20(25)30-11-17(26)23-12-3-4-12/h1-2,5-10,12,19H,3-4,11H2,(H,23,26)/b16-10-. The molecule has 0 radical (unpaired) electrons. The summed E-state index contributed by atoms with van der Waals surface area (Å²) in [5.74, 6) is -0.0253. The van der Waals surface area contributed by atoms with E-state index in [0.29, 0.717) is 16.6 Å². The van der Waals surface area contributed by atoms with Gasteiger partial charge in [0.25, 0.3) is 5.91 Å². The number of nitrogens with zero attached hydrogens (tertiary/aromatic N) is 2. The SMILES string of the molecule is O=C(CSC1=N/C(=C\c2ccco2)C(=O)N1c1ccc(OC(F)F)cc1)NC1CC1. The number of benzene rings is 1. The predicted octanol–water partition coefficient (Wildman–Crippen LogP) is 3.64. The lowest BCUT2D eigenvalue weighted by atomic mass is 10.2. The average Bonchev–Trinajstić information content (AvgIpc) is 3.26. The third-order valence-corrected chi connectivity index (χ3v) is 5.19. The molecule has 0 atom stereocenters. The van der Waals surface area contributed by atoms with Crippen molar-refractivity contribution in [2.24, 2.45) is 4.99 Å². The Bertz CT molecular complexity index is 986. The Hall–Kier alpha value is -3.14. The van der Waals surface area contributed by atoms with Gasteiger partial charge in [-0.05, 0) is 49.2 Å². The van der Waals surface area contributed by atoms with Gasteiger partial charge in [-0.2, -0.15) is 8.78 Å². The van der Waals surface area contributed by atoms with E-state index in [1.165, 1.54) is 41.5 Å². The van der Waals surface area contributed by atoms with E-state index in [1.54, 1.807) is 12.1 Å². The number of rotatable bonds is 7. The number of nitrogens with one attached hydrogen (secondary N) is 1. The van der Waals surface area contributed by atoms with Gasteiger partial charge >= 0.3 is 6.61 Å². The van der Waals surface area contributed by atoms with Gasteiger partial charge in [-0.25, -0.2) is 4.99 Å². The second kappa shape index (κ2) is 8.70. The van der Waals surface area contributed by atoms with Crippen LogP contribution in [0.2, 0.25) is 0 Å². The highest BCUT2D eigenvalue weighted by Gasteiger charge is 2.33. The summed E-state index contributed by atoms with van der Waals surface area (Å²) in [7, 11) is 0. The minimum absolute atomic E-state index is 0.0262. The van der Waals surface area contributed by atoms with Gasteiger partial charge in [-0.1, -0.05) is 11.8 Å². The lowest BCUT2D eigenvalue weighted by Crippen LogP contribution is -2.32. The first kappa shape index (κ1) is 20.1. The van der Waals surface area contributed by atoms with Gasteiger partial charge in [0, 0.05) is 12.1 Å². The minimum Gasteiger partial charge on any atom is -0.465 e. The summed E-state index contributed by atoms with van der Waals surface area (Å²) in [5, 5.41) is 3.19. The molecule has 2 aliphatic rings. The van der Waals surface area contributed by atoms with Crippen LogP contribution in [0.15, 0.2) is 57.8 Å². The van der Waals surface area contributed by atoms with Gasteiger partial charge in [-0.15, -0.1) is 0 Å². The summed E-state index contributed by atoms with van der Waals surface area (Å²) in [4.78, 5) is 30.7. The van der Waals surface area contributed by atoms with Gasteiger partial charge in [0.2, 0.25) is 5.91 Å². The van der Waals surface area contributed by atoms with Gasteiger partial charge < -0.3 is 14.5 Å². The number of carbonyl (C=O) groups is 2. The number of thioether (sulfide) groups is 1. The number of carbonyl (C=O) groups excluding carboxylic acids is 2. The molecule has 10 heteroatoms. The van der Waals surface area contributed by atoms with Crippen molar-refractivity contribution in [1.29, 1.82) is 0 Å². The quantitative estimate of drug-likeness (QED) is 0.674. The van der Waals surface area contributed by atoms with Crippen molar-refractivity contribution in [3.05, 3.63) is 54.1 Å². The maximum absolute atomic E-state index is 13.0. The second-order valence-electron chi connectivity index (χ2n) is 6.58. The molecule has 1 N–H and O–H groups in total. The zero-order valence-corrected chi connectivity index (χ0v) is 16.4. The fraction of sp³-hybridized carbons (Fsp3) is 0.250. The van der Waals surface area contributed by atoms with Crippen LogP contribution in [0.5, 0.6) is 5.75 Å². The summed E-state index contributed by atoms with van der Waals surface area (Å²) in [6, 6.07) is 9.24. The van der Waals surface area contributed by atoms with Crippen molar-refractivity contribution < 1.29 is 27.5 Å². The molecule has 0 unspecified atom stereocenters. The van der Waals surface area contributed by atoms with Gasteiger partial charge in [-0.3, -0.25) is 14.5 Å². The topological polar surface area (TPSA) is 84.1 Å². The highest BCUT2D eigenvalue weighted by Crippen LogP contribution is 2.31. The number of halogens is 2. The Morgan fingerprint density at radius 3 is 2.73 bits per heavy atom. The molecule has 2 amide bonds. The fourth-order valence-electron chi connectivity index (χ4n) is 2.73. The monoisotopic (exact) mass is 433 g/mol.